The number of amides is 1. The van der Waals surface area contributed by atoms with Gasteiger partial charge < -0.3 is 19.5 Å². The monoisotopic (exact) mass is 331 g/mol. The van der Waals surface area contributed by atoms with E-state index in [9.17, 15) is 4.79 Å². The molecule has 0 spiro atoms. The van der Waals surface area contributed by atoms with Gasteiger partial charge in [-0.1, -0.05) is 15.9 Å². The minimum absolute atomic E-state index is 0.367. The lowest BCUT2D eigenvalue weighted by atomic mass is 10.1. The molecule has 0 aliphatic carbocycles. The third-order valence-electron chi connectivity index (χ3n) is 2.49. The summed E-state index contributed by atoms with van der Waals surface area (Å²) in [5.41, 5.74) is 1.02. The van der Waals surface area contributed by atoms with E-state index in [1.54, 1.807) is 21.1 Å². The fourth-order valence-electron chi connectivity index (χ4n) is 1.57. The minimum atomic E-state index is -0.404. The molecule has 1 aromatic rings. The number of alkyl carbamates (subject to hydrolysis) is 1. The lowest BCUT2D eigenvalue weighted by Crippen LogP contribution is -2.26. The van der Waals surface area contributed by atoms with Crippen LogP contribution in [0.4, 0.5) is 4.79 Å². The molecular weight excluding hydrogens is 314 g/mol. The Bertz CT molecular complexity index is 437. The number of ether oxygens (including phenoxy) is 3. The standard InChI is InChI=1S/C13H18BrNO4/c1-4-19-13(16)15-6-5-9-7-11(17-2)12(18-3)8-10(9)14/h7-8H,4-6H2,1-3H3,(H,15,16). The lowest BCUT2D eigenvalue weighted by molar-refractivity contribution is 0.152. The van der Waals surface area contributed by atoms with Crippen molar-refractivity contribution in [1.82, 2.24) is 5.32 Å². The average Bonchev–Trinajstić information content (AvgIpc) is 2.40. The molecule has 5 nitrogen and oxygen atoms in total. The summed E-state index contributed by atoms with van der Waals surface area (Å²) >= 11 is 3.47. The normalized spacial score (nSPS) is 9.89. The van der Waals surface area contributed by atoms with Crippen molar-refractivity contribution in [3.63, 3.8) is 0 Å². The Labute approximate surface area is 121 Å². The second kappa shape index (κ2) is 7.89. The summed E-state index contributed by atoms with van der Waals surface area (Å²) in [5.74, 6) is 1.33. The fourth-order valence-corrected chi connectivity index (χ4v) is 2.09. The number of benzene rings is 1. The molecule has 0 aromatic heterocycles. The molecule has 19 heavy (non-hydrogen) atoms. The van der Waals surface area contributed by atoms with Gasteiger partial charge in [-0.05, 0) is 31.0 Å². The van der Waals surface area contributed by atoms with E-state index in [0.29, 0.717) is 31.1 Å². The van der Waals surface area contributed by atoms with Crippen LogP contribution in [0.1, 0.15) is 12.5 Å². The number of rotatable bonds is 6. The van der Waals surface area contributed by atoms with E-state index in [4.69, 9.17) is 14.2 Å². The number of nitrogens with one attached hydrogen (secondary N) is 1. The Kier molecular flexibility index (Phi) is 6.49. The summed E-state index contributed by atoms with van der Waals surface area (Å²) in [4.78, 5) is 11.2. The van der Waals surface area contributed by atoms with E-state index < -0.39 is 6.09 Å². The Morgan fingerprint density at radius 3 is 2.47 bits per heavy atom. The Hall–Kier alpha value is -1.43. The first-order valence-electron chi connectivity index (χ1n) is 5.93. The van der Waals surface area contributed by atoms with E-state index in [2.05, 4.69) is 21.2 Å². The number of hydrogen-bond acceptors (Lipinski definition) is 4. The van der Waals surface area contributed by atoms with Crippen LogP contribution in [-0.4, -0.2) is 33.5 Å². The van der Waals surface area contributed by atoms with Gasteiger partial charge in [0.2, 0.25) is 0 Å². The largest absolute Gasteiger partial charge is 0.493 e. The molecule has 6 heteroatoms. The highest BCUT2D eigenvalue weighted by atomic mass is 79.9. The van der Waals surface area contributed by atoms with Crippen molar-refractivity contribution < 1.29 is 19.0 Å². The van der Waals surface area contributed by atoms with Crippen molar-refractivity contribution in [1.29, 1.82) is 0 Å². The van der Waals surface area contributed by atoms with Gasteiger partial charge in [-0.25, -0.2) is 4.79 Å². The van der Waals surface area contributed by atoms with Crippen molar-refractivity contribution in [3.8, 4) is 11.5 Å². The van der Waals surface area contributed by atoms with Crippen molar-refractivity contribution in [2.45, 2.75) is 13.3 Å². The Balaban J connectivity index is 2.65. The fraction of sp³-hybridized carbons (Fsp3) is 0.462. The summed E-state index contributed by atoms with van der Waals surface area (Å²) in [6.07, 6.45) is 0.263. The third-order valence-corrected chi connectivity index (χ3v) is 3.23. The van der Waals surface area contributed by atoms with Crippen LogP contribution in [0.3, 0.4) is 0 Å². The van der Waals surface area contributed by atoms with Gasteiger partial charge >= 0.3 is 6.09 Å². The number of carbonyl (C=O) groups excluding carboxylic acids is 1. The first-order chi connectivity index (χ1) is 9.12. The average molecular weight is 332 g/mol. The van der Waals surface area contributed by atoms with Gasteiger partial charge in [-0.2, -0.15) is 0 Å². The molecule has 0 unspecified atom stereocenters. The van der Waals surface area contributed by atoms with E-state index >= 15 is 0 Å². The summed E-state index contributed by atoms with van der Waals surface area (Å²) < 4.78 is 16.1. The molecule has 0 saturated carbocycles. The van der Waals surface area contributed by atoms with Gasteiger partial charge in [0, 0.05) is 11.0 Å². The van der Waals surface area contributed by atoms with Crippen molar-refractivity contribution in [2.75, 3.05) is 27.4 Å². The number of hydrogen-bond donors (Lipinski definition) is 1. The number of carbonyl (C=O) groups is 1. The maximum Gasteiger partial charge on any atom is 0.407 e. The number of methoxy groups -OCH3 is 2. The van der Waals surface area contributed by atoms with Crippen LogP contribution >= 0.6 is 15.9 Å². The zero-order valence-electron chi connectivity index (χ0n) is 11.3. The molecule has 1 amide bonds. The van der Waals surface area contributed by atoms with Crippen LogP contribution < -0.4 is 14.8 Å². The van der Waals surface area contributed by atoms with Crippen LogP contribution in [0, 0.1) is 0 Å². The predicted molar refractivity (Wildman–Crippen MR) is 76.0 cm³/mol. The van der Waals surface area contributed by atoms with E-state index in [-0.39, 0.29) is 0 Å². The van der Waals surface area contributed by atoms with Gasteiger partial charge in [0.05, 0.1) is 20.8 Å². The molecule has 0 aliphatic rings. The first-order valence-corrected chi connectivity index (χ1v) is 6.72. The molecule has 106 valence electrons. The van der Waals surface area contributed by atoms with Gasteiger partial charge in [-0.15, -0.1) is 0 Å². The third kappa shape index (κ3) is 4.63. The van der Waals surface area contributed by atoms with Crippen LogP contribution in [-0.2, 0) is 11.2 Å². The van der Waals surface area contributed by atoms with Crippen molar-refractivity contribution >= 4 is 22.0 Å². The Morgan fingerprint density at radius 1 is 1.26 bits per heavy atom. The first kappa shape index (κ1) is 15.6. The zero-order chi connectivity index (χ0) is 14.3. The van der Waals surface area contributed by atoms with Gasteiger partial charge in [0.1, 0.15) is 0 Å². The van der Waals surface area contributed by atoms with Gasteiger partial charge in [0.15, 0.2) is 11.5 Å². The van der Waals surface area contributed by atoms with E-state index in [1.807, 2.05) is 12.1 Å². The topological polar surface area (TPSA) is 56.8 Å². The van der Waals surface area contributed by atoms with E-state index in [1.165, 1.54) is 0 Å². The molecule has 1 aromatic carbocycles. The second-order valence-electron chi connectivity index (χ2n) is 3.70. The quantitative estimate of drug-likeness (QED) is 0.870. The molecule has 0 heterocycles. The molecular formula is C13H18BrNO4. The lowest BCUT2D eigenvalue weighted by Gasteiger charge is -2.12. The SMILES string of the molecule is CCOC(=O)NCCc1cc(OC)c(OC)cc1Br. The second-order valence-corrected chi connectivity index (χ2v) is 4.55. The highest BCUT2D eigenvalue weighted by molar-refractivity contribution is 9.10. The molecule has 1 rings (SSSR count). The van der Waals surface area contributed by atoms with Crippen LogP contribution in [0.25, 0.3) is 0 Å². The van der Waals surface area contributed by atoms with Gasteiger partial charge in [-0.3, -0.25) is 0 Å². The highest BCUT2D eigenvalue weighted by Gasteiger charge is 2.10. The predicted octanol–water partition coefficient (Wildman–Crippen LogP) is 2.75. The molecule has 0 fully saturated rings. The van der Waals surface area contributed by atoms with Crippen molar-refractivity contribution in [3.05, 3.63) is 22.2 Å². The van der Waals surface area contributed by atoms with Crippen LogP contribution in [0.15, 0.2) is 16.6 Å². The summed E-state index contributed by atoms with van der Waals surface area (Å²) in [5, 5.41) is 2.67. The molecule has 0 radical (unpaired) electrons. The zero-order valence-corrected chi connectivity index (χ0v) is 12.9. The highest BCUT2D eigenvalue weighted by Crippen LogP contribution is 2.33. The molecule has 0 bridgehead atoms. The summed E-state index contributed by atoms with van der Waals surface area (Å²) in [6.45, 7) is 2.63. The Morgan fingerprint density at radius 2 is 1.89 bits per heavy atom. The summed E-state index contributed by atoms with van der Waals surface area (Å²) in [6, 6.07) is 3.73. The maximum atomic E-state index is 11.2. The van der Waals surface area contributed by atoms with Crippen molar-refractivity contribution in [2.24, 2.45) is 0 Å². The minimum Gasteiger partial charge on any atom is -0.493 e. The maximum absolute atomic E-state index is 11.2. The molecule has 0 saturated heterocycles. The van der Waals surface area contributed by atoms with Crippen LogP contribution in [0.5, 0.6) is 11.5 Å². The molecule has 1 N–H and O–H groups in total. The smallest absolute Gasteiger partial charge is 0.407 e. The summed E-state index contributed by atoms with van der Waals surface area (Å²) in [7, 11) is 3.18. The van der Waals surface area contributed by atoms with Crippen LogP contribution in [0.2, 0.25) is 0 Å². The number of halogens is 1. The van der Waals surface area contributed by atoms with Gasteiger partial charge in [0.25, 0.3) is 0 Å². The molecule has 0 aliphatic heterocycles. The van der Waals surface area contributed by atoms with E-state index in [0.717, 1.165) is 10.0 Å². The molecule has 0 atom stereocenters.